The highest BCUT2D eigenvalue weighted by atomic mass is 16.4. The first-order valence-electron chi connectivity index (χ1n) is 11.2. The van der Waals surface area contributed by atoms with Crippen LogP contribution in [-0.4, -0.2) is 37.1 Å². The van der Waals surface area contributed by atoms with Crippen LogP contribution in [0.25, 0.3) is 11.1 Å². The molecule has 0 radical (unpaired) electrons. The second-order valence-corrected chi connectivity index (χ2v) is 8.09. The number of carbonyl (C=O) groups excluding carboxylic acids is 1. The first-order chi connectivity index (χ1) is 16.0. The molecule has 3 aromatic rings. The summed E-state index contributed by atoms with van der Waals surface area (Å²) in [5.74, 6) is -0.873. The van der Waals surface area contributed by atoms with Gasteiger partial charge < -0.3 is 21.1 Å². The number of para-hydroxylation sites is 1. The van der Waals surface area contributed by atoms with E-state index in [9.17, 15) is 14.7 Å². The molecule has 0 saturated carbocycles. The summed E-state index contributed by atoms with van der Waals surface area (Å²) in [5, 5.41) is 18.6. The van der Waals surface area contributed by atoms with Crippen molar-refractivity contribution in [1.29, 1.82) is 0 Å². The van der Waals surface area contributed by atoms with E-state index in [1.165, 1.54) is 0 Å². The number of hydrogen-bond acceptors (Lipinski definition) is 4. The van der Waals surface area contributed by atoms with Gasteiger partial charge in [-0.05, 0) is 67.4 Å². The second kappa shape index (κ2) is 11.8. The molecule has 6 heteroatoms. The van der Waals surface area contributed by atoms with Crippen LogP contribution in [0.15, 0.2) is 72.8 Å². The summed E-state index contributed by atoms with van der Waals surface area (Å²) in [5.41, 5.74) is 4.93. The molecule has 0 aliphatic rings. The van der Waals surface area contributed by atoms with E-state index in [0.29, 0.717) is 12.2 Å². The molecule has 0 aromatic heterocycles. The third-order valence-corrected chi connectivity index (χ3v) is 5.57. The van der Waals surface area contributed by atoms with Gasteiger partial charge in [0.15, 0.2) is 0 Å². The largest absolute Gasteiger partial charge is 0.478 e. The van der Waals surface area contributed by atoms with Crippen molar-refractivity contribution >= 4 is 23.3 Å². The van der Waals surface area contributed by atoms with Crippen LogP contribution >= 0.6 is 0 Å². The van der Waals surface area contributed by atoms with Crippen LogP contribution in [0.1, 0.15) is 29.3 Å². The van der Waals surface area contributed by atoms with Gasteiger partial charge in [-0.25, -0.2) is 4.79 Å². The number of aromatic carboxylic acids is 1. The Bertz CT molecular complexity index is 1080. The minimum absolute atomic E-state index is 0.00151. The van der Waals surface area contributed by atoms with Crippen molar-refractivity contribution in [3.05, 3.63) is 83.9 Å². The second-order valence-electron chi connectivity index (χ2n) is 8.09. The topological polar surface area (TPSA) is 90.5 Å². The summed E-state index contributed by atoms with van der Waals surface area (Å²) in [6, 6.07) is 23.0. The first kappa shape index (κ1) is 24.0. The molecule has 3 aromatic carbocycles. The molecule has 1 unspecified atom stereocenters. The van der Waals surface area contributed by atoms with Gasteiger partial charge in [-0.1, -0.05) is 55.5 Å². The quantitative estimate of drug-likeness (QED) is 0.343. The number of anilines is 2. The Morgan fingerprint density at radius 3 is 2.39 bits per heavy atom. The fourth-order valence-electron chi connectivity index (χ4n) is 3.58. The van der Waals surface area contributed by atoms with E-state index in [4.69, 9.17) is 0 Å². The standard InChI is InChI=1S/C27H31N3O3/c1-19(14-16-28-2)26(31)29-17-15-20-6-5-7-22(18-20)21-10-12-23(13-11-21)30-25-9-4-3-8-24(25)27(32)33/h3-13,18-19,28,30H,14-17H2,1-2H3,(H,29,31)(H,32,33). The highest BCUT2D eigenvalue weighted by Crippen LogP contribution is 2.25. The number of carbonyl (C=O) groups is 2. The number of amides is 1. The Kier molecular flexibility index (Phi) is 8.61. The maximum absolute atomic E-state index is 12.2. The van der Waals surface area contributed by atoms with E-state index in [2.05, 4.69) is 34.1 Å². The van der Waals surface area contributed by atoms with E-state index < -0.39 is 5.97 Å². The molecule has 0 aliphatic heterocycles. The number of hydrogen-bond donors (Lipinski definition) is 4. The summed E-state index contributed by atoms with van der Waals surface area (Å²) >= 11 is 0. The van der Waals surface area contributed by atoms with Gasteiger partial charge in [-0.15, -0.1) is 0 Å². The molecule has 1 atom stereocenters. The van der Waals surface area contributed by atoms with Gasteiger partial charge in [0.1, 0.15) is 0 Å². The first-order valence-corrected chi connectivity index (χ1v) is 11.2. The molecular formula is C27H31N3O3. The third kappa shape index (κ3) is 6.92. The predicted octanol–water partition coefficient (Wildman–Crippen LogP) is 4.70. The minimum atomic E-state index is -0.963. The molecule has 0 fully saturated rings. The van der Waals surface area contributed by atoms with Crippen molar-refractivity contribution in [1.82, 2.24) is 10.6 Å². The maximum atomic E-state index is 12.2. The number of carboxylic acid groups (broad SMARTS) is 1. The van der Waals surface area contributed by atoms with Gasteiger partial charge in [0, 0.05) is 18.2 Å². The minimum Gasteiger partial charge on any atom is -0.478 e. The van der Waals surface area contributed by atoms with Crippen molar-refractivity contribution in [3.63, 3.8) is 0 Å². The van der Waals surface area contributed by atoms with Gasteiger partial charge in [0.2, 0.25) is 5.91 Å². The maximum Gasteiger partial charge on any atom is 0.337 e. The molecule has 0 saturated heterocycles. The van der Waals surface area contributed by atoms with E-state index in [-0.39, 0.29) is 17.4 Å². The molecule has 6 nitrogen and oxygen atoms in total. The van der Waals surface area contributed by atoms with Crippen LogP contribution in [0.5, 0.6) is 0 Å². The van der Waals surface area contributed by atoms with Crippen LogP contribution in [-0.2, 0) is 11.2 Å². The number of rotatable bonds is 11. The number of benzene rings is 3. The lowest BCUT2D eigenvalue weighted by atomic mass is 10.0. The van der Waals surface area contributed by atoms with Crippen LogP contribution in [0, 0.1) is 5.92 Å². The van der Waals surface area contributed by atoms with Crippen LogP contribution in [0.3, 0.4) is 0 Å². The summed E-state index contributed by atoms with van der Waals surface area (Å²) in [6.07, 6.45) is 1.59. The molecule has 4 N–H and O–H groups in total. The van der Waals surface area contributed by atoms with Crippen LogP contribution in [0.4, 0.5) is 11.4 Å². The van der Waals surface area contributed by atoms with E-state index in [0.717, 1.165) is 41.8 Å². The zero-order valence-electron chi connectivity index (χ0n) is 19.1. The van der Waals surface area contributed by atoms with Gasteiger partial charge in [0.05, 0.1) is 11.3 Å². The fraction of sp³-hybridized carbons (Fsp3) is 0.259. The highest BCUT2D eigenvalue weighted by molar-refractivity contribution is 5.95. The Labute approximate surface area is 195 Å². The Balaban J connectivity index is 1.60. The highest BCUT2D eigenvalue weighted by Gasteiger charge is 2.12. The smallest absolute Gasteiger partial charge is 0.337 e. The molecule has 172 valence electrons. The van der Waals surface area contributed by atoms with Crippen molar-refractivity contribution in [3.8, 4) is 11.1 Å². The van der Waals surface area contributed by atoms with Crippen LogP contribution in [0.2, 0.25) is 0 Å². The molecule has 0 spiro atoms. The Hall–Kier alpha value is -3.64. The van der Waals surface area contributed by atoms with Crippen LogP contribution < -0.4 is 16.0 Å². The molecule has 0 heterocycles. The van der Waals surface area contributed by atoms with Crippen molar-refractivity contribution in [2.75, 3.05) is 25.5 Å². The fourth-order valence-corrected chi connectivity index (χ4v) is 3.58. The van der Waals surface area contributed by atoms with E-state index >= 15 is 0 Å². The summed E-state index contributed by atoms with van der Waals surface area (Å²) in [7, 11) is 1.89. The predicted molar refractivity (Wildman–Crippen MR) is 133 cm³/mol. The Morgan fingerprint density at radius 1 is 0.909 bits per heavy atom. The monoisotopic (exact) mass is 445 g/mol. The number of carboxylic acids is 1. The SMILES string of the molecule is CNCCC(C)C(=O)NCCc1cccc(-c2ccc(Nc3ccccc3C(=O)O)cc2)c1. The molecule has 0 bridgehead atoms. The molecule has 0 aliphatic carbocycles. The average Bonchev–Trinajstić information content (AvgIpc) is 2.83. The van der Waals surface area contributed by atoms with E-state index in [1.54, 1.807) is 24.3 Å². The number of nitrogens with one attached hydrogen (secondary N) is 3. The third-order valence-electron chi connectivity index (χ3n) is 5.57. The lowest BCUT2D eigenvalue weighted by molar-refractivity contribution is -0.124. The Morgan fingerprint density at radius 2 is 1.67 bits per heavy atom. The van der Waals surface area contributed by atoms with Gasteiger partial charge >= 0.3 is 5.97 Å². The molecule has 33 heavy (non-hydrogen) atoms. The van der Waals surface area contributed by atoms with Gasteiger partial charge in [0.25, 0.3) is 0 Å². The molecule has 3 rings (SSSR count). The van der Waals surface area contributed by atoms with Crippen molar-refractivity contribution < 1.29 is 14.7 Å². The van der Waals surface area contributed by atoms with Gasteiger partial charge in [-0.2, -0.15) is 0 Å². The average molecular weight is 446 g/mol. The van der Waals surface area contributed by atoms with E-state index in [1.807, 2.05) is 44.3 Å². The van der Waals surface area contributed by atoms with Gasteiger partial charge in [-0.3, -0.25) is 4.79 Å². The summed E-state index contributed by atoms with van der Waals surface area (Å²) in [4.78, 5) is 23.6. The summed E-state index contributed by atoms with van der Waals surface area (Å²) < 4.78 is 0. The lowest BCUT2D eigenvalue weighted by Crippen LogP contribution is -2.32. The lowest BCUT2D eigenvalue weighted by Gasteiger charge is -2.12. The van der Waals surface area contributed by atoms with Crippen molar-refractivity contribution in [2.45, 2.75) is 19.8 Å². The normalized spacial score (nSPS) is 11.6. The molecule has 1 amide bonds. The zero-order chi connectivity index (χ0) is 23.6. The summed E-state index contributed by atoms with van der Waals surface area (Å²) in [6.45, 7) is 3.39. The van der Waals surface area contributed by atoms with Crippen molar-refractivity contribution in [2.24, 2.45) is 5.92 Å². The zero-order valence-corrected chi connectivity index (χ0v) is 19.1. The molecular weight excluding hydrogens is 414 g/mol.